The number of carbonyl (C=O) groups is 4. The minimum atomic E-state index is -0.975. The average molecular weight is 663 g/mol. The number of halogens is 2. The maximum absolute atomic E-state index is 14.4. The van der Waals surface area contributed by atoms with E-state index >= 15 is 0 Å². The van der Waals surface area contributed by atoms with E-state index in [0.29, 0.717) is 36.0 Å². The fourth-order valence-electron chi connectivity index (χ4n) is 7.81. The van der Waals surface area contributed by atoms with Crippen molar-refractivity contribution in [3.8, 4) is 0 Å². The summed E-state index contributed by atoms with van der Waals surface area (Å²) in [4.78, 5) is 58.1. The zero-order valence-corrected chi connectivity index (χ0v) is 27.7. The zero-order chi connectivity index (χ0) is 34.0. The van der Waals surface area contributed by atoms with Crippen molar-refractivity contribution in [3.05, 3.63) is 82.4 Å². The first-order valence-electron chi connectivity index (χ1n) is 17.2. The second-order valence-corrected chi connectivity index (χ2v) is 13.9. The molecule has 1 saturated carbocycles. The summed E-state index contributed by atoms with van der Waals surface area (Å²) in [6, 6.07) is 8.61. The Morgan fingerprint density at radius 2 is 1.90 bits per heavy atom. The maximum atomic E-state index is 14.4. The summed E-state index contributed by atoms with van der Waals surface area (Å²) in [6.07, 6.45) is 7.52. The van der Waals surface area contributed by atoms with E-state index in [1.165, 1.54) is 28.0 Å². The third-order valence-electron chi connectivity index (χ3n) is 10.4. The van der Waals surface area contributed by atoms with Crippen molar-refractivity contribution in [1.82, 2.24) is 9.80 Å². The van der Waals surface area contributed by atoms with Crippen LogP contribution in [0.5, 0.6) is 0 Å². The molecule has 0 spiro atoms. The maximum Gasteiger partial charge on any atom is 0.410 e. The largest absolute Gasteiger partial charge is 0.466 e. The number of fused-ring (bicyclic) bond motifs is 3. The van der Waals surface area contributed by atoms with E-state index in [1.807, 2.05) is 19.1 Å². The van der Waals surface area contributed by atoms with Gasteiger partial charge in [-0.3, -0.25) is 19.3 Å². The normalized spacial score (nSPS) is 28.1. The van der Waals surface area contributed by atoms with Crippen LogP contribution in [0.25, 0.3) is 0 Å². The second kappa shape index (κ2) is 14.2. The summed E-state index contributed by atoms with van der Waals surface area (Å²) >= 11 is 0. The predicted octanol–water partition coefficient (Wildman–Crippen LogP) is 6.60. The van der Waals surface area contributed by atoms with Gasteiger partial charge < -0.3 is 14.4 Å². The van der Waals surface area contributed by atoms with Crippen molar-refractivity contribution in [2.24, 2.45) is 17.3 Å². The monoisotopic (exact) mass is 662 g/mol. The number of carbonyl (C=O) groups excluding carboxylic acids is 4. The van der Waals surface area contributed by atoms with Gasteiger partial charge in [-0.05, 0) is 86.8 Å². The minimum Gasteiger partial charge on any atom is -0.466 e. The molecule has 2 amide bonds. The van der Waals surface area contributed by atoms with E-state index in [2.05, 4.69) is 6.08 Å². The summed E-state index contributed by atoms with van der Waals surface area (Å²) in [5, 5.41) is 0. The molecule has 0 bridgehead atoms. The first kappa shape index (κ1) is 33.8. The molecule has 2 aromatic rings. The molecule has 256 valence electrons. The van der Waals surface area contributed by atoms with E-state index in [-0.39, 0.29) is 68.3 Å². The van der Waals surface area contributed by atoms with E-state index in [9.17, 15) is 28.0 Å². The highest BCUT2D eigenvalue weighted by molar-refractivity contribution is 5.95. The summed E-state index contributed by atoms with van der Waals surface area (Å²) in [7, 11) is 0. The molecular formula is C38H44F2N2O6. The van der Waals surface area contributed by atoms with Crippen LogP contribution >= 0.6 is 0 Å². The summed E-state index contributed by atoms with van der Waals surface area (Å²) < 4.78 is 40.1. The number of nitrogens with zero attached hydrogens (tertiary/aromatic N) is 2. The molecule has 0 radical (unpaired) electrons. The standard InChI is InChI=1S/C38H44F2N2O6/c1-3-47-36(45)38-19-28(38)12-8-6-4-5-7-10-26(16-25-14-24(2)15-29(39)17-25)35(44)42-22-30(18-33(42)34(43)20-38)48-37(46)41-21-27-11-9-13-32(40)31(27)23-41/h8-9,11-15,17,26,28,30,33H,3-7,10,16,18-23H2,1-2H3/b12-8-/t26-,28-,30-,33+,38-/m1/s1. The van der Waals surface area contributed by atoms with Crippen LogP contribution in [-0.2, 0) is 43.4 Å². The Balaban J connectivity index is 1.26. The summed E-state index contributed by atoms with van der Waals surface area (Å²) in [6.45, 7) is 4.04. The second-order valence-electron chi connectivity index (χ2n) is 13.9. The Hall–Kier alpha value is -4.08. The van der Waals surface area contributed by atoms with Crippen LogP contribution in [0.15, 0.2) is 48.6 Å². The number of aryl methyl sites for hydroxylation is 1. The minimum absolute atomic E-state index is 0.0184. The number of amides is 2. The molecule has 6 rings (SSSR count). The van der Waals surface area contributed by atoms with Crippen molar-refractivity contribution in [2.75, 3.05) is 13.2 Å². The lowest BCUT2D eigenvalue weighted by Crippen LogP contribution is -2.45. The first-order chi connectivity index (χ1) is 23.1. The van der Waals surface area contributed by atoms with Gasteiger partial charge >= 0.3 is 12.1 Å². The molecule has 1 saturated heterocycles. The van der Waals surface area contributed by atoms with Gasteiger partial charge in [0, 0.05) is 30.9 Å². The molecule has 5 atom stereocenters. The SMILES string of the molecule is CCOC(=O)[C@]12CC(=O)[C@@H]3C[C@@H](OC(=O)N4Cc5cccc(F)c5C4)CN3C(=O)[C@@H](Cc3cc(C)cc(F)c3)CCCCC/C=C\[C@@H]1C2. The van der Waals surface area contributed by atoms with E-state index in [4.69, 9.17) is 9.47 Å². The fraction of sp³-hybridized carbons (Fsp3) is 0.526. The van der Waals surface area contributed by atoms with Crippen LogP contribution in [0.3, 0.4) is 0 Å². The number of allylic oxidation sites excluding steroid dienone is 2. The quantitative estimate of drug-likeness (QED) is 0.265. The third kappa shape index (κ3) is 7.17. The lowest BCUT2D eigenvalue weighted by molar-refractivity contribution is -0.152. The van der Waals surface area contributed by atoms with E-state index in [0.717, 1.165) is 31.2 Å². The van der Waals surface area contributed by atoms with Gasteiger partial charge in [0.1, 0.15) is 17.7 Å². The Morgan fingerprint density at radius 3 is 2.67 bits per heavy atom. The van der Waals surface area contributed by atoms with Crippen LogP contribution in [0, 0.1) is 35.8 Å². The lowest BCUT2D eigenvalue weighted by atomic mass is 9.90. The van der Waals surface area contributed by atoms with E-state index in [1.54, 1.807) is 19.1 Å². The highest BCUT2D eigenvalue weighted by atomic mass is 19.1. The van der Waals surface area contributed by atoms with Gasteiger partial charge in [0.15, 0.2) is 5.78 Å². The number of rotatable bonds is 5. The van der Waals surface area contributed by atoms with Gasteiger partial charge in [-0.2, -0.15) is 0 Å². The number of hydrogen-bond donors (Lipinski definition) is 0. The first-order valence-corrected chi connectivity index (χ1v) is 17.2. The molecule has 0 N–H and O–H groups in total. The Bertz CT molecular complexity index is 1590. The number of Topliss-reactive ketones (excluding diaryl/α,β-unsaturated/α-hetero) is 1. The van der Waals surface area contributed by atoms with Crippen LogP contribution < -0.4 is 0 Å². The van der Waals surface area contributed by atoms with Gasteiger partial charge in [0.25, 0.3) is 0 Å². The van der Waals surface area contributed by atoms with Crippen LogP contribution in [-0.4, -0.2) is 58.9 Å². The van der Waals surface area contributed by atoms with Crippen molar-refractivity contribution < 1.29 is 37.4 Å². The Morgan fingerprint density at radius 1 is 1.06 bits per heavy atom. The molecule has 48 heavy (non-hydrogen) atoms. The molecule has 2 aromatic carbocycles. The molecule has 3 heterocycles. The van der Waals surface area contributed by atoms with Crippen LogP contribution in [0.4, 0.5) is 13.6 Å². The van der Waals surface area contributed by atoms with Gasteiger partial charge in [-0.1, -0.05) is 43.2 Å². The molecule has 1 aliphatic carbocycles. The molecule has 2 fully saturated rings. The lowest BCUT2D eigenvalue weighted by Gasteiger charge is -2.29. The molecule has 0 aromatic heterocycles. The highest BCUT2D eigenvalue weighted by Crippen LogP contribution is 2.57. The summed E-state index contributed by atoms with van der Waals surface area (Å²) in [5.74, 6) is -2.29. The highest BCUT2D eigenvalue weighted by Gasteiger charge is 2.61. The average Bonchev–Trinajstić information content (AvgIpc) is 3.33. The van der Waals surface area contributed by atoms with Gasteiger partial charge in [0.05, 0.1) is 31.2 Å². The predicted molar refractivity (Wildman–Crippen MR) is 173 cm³/mol. The number of esters is 1. The number of ether oxygens (including phenoxy) is 2. The number of hydrogen-bond acceptors (Lipinski definition) is 6. The molecule has 8 nitrogen and oxygen atoms in total. The van der Waals surface area contributed by atoms with Gasteiger partial charge in [-0.25, -0.2) is 13.6 Å². The molecule has 4 aliphatic rings. The van der Waals surface area contributed by atoms with Crippen molar-refractivity contribution >= 4 is 23.8 Å². The van der Waals surface area contributed by atoms with Crippen molar-refractivity contribution in [1.29, 1.82) is 0 Å². The molecular weight excluding hydrogens is 618 g/mol. The smallest absolute Gasteiger partial charge is 0.410 e. The van der Waals surface area contributed by atoms with Gasteiger partial charge in [-0.15, -0.1) is 0 Å². The zero-order valence-electron chi connectivity index (χ0n) is 27.7. The van der Waals surface area contributed by atoms with E-state index < -0.39 is 35.5 Å². The number of ketones is 1. The van der Waals surface area contributed by atoms with Crippen LogP contribution in [0.1, 0.15) is 80.5 Å². The Kier molecular flexibility index (Phi) is 9.99. The topological polar surface area (TPSA) is 93.2 Å². The van der Waals surface area contributed by atoms with Crippen molar-refractivity contribution in [2.45, 2.75) is 96.9 Å². The number of benzene rings is 2. The molecule has 0 unspecified atom stereocenters. The fourth-order valence-corrected chi connectivity index (χ4v) is 7.81. The Labute approximate surface area is 280 Å². The van der Waals surface area contributed by atoms with Crippen LogP contribution in [0.2, 0.25) is 0 Å². The molecule has 3 aliphatic heterocycles. The third-order valence-corrected chi connectivity index (χ3v) is 10.4. The molecule has 10 heteroatoms. The summed E-state index contributed by atoms with van der Waals surface area (Å²) in [5.41, 5.74) is 1.65. The van der Waals surface area contributed by atoms with Gasteiger partial charge in [0.2, 0.25) is 5.91 Å². The van der Waals surface area contributed by atoms with Crippen molar-refractivity contribution in [3.63, 3.8) is 0 Å².